The molecule has 3 aromatic heterocycles. The molecule has 0 atom stereocenters. The molecular formula is C12H14N6OS. The van der Waals surface area contributed by atoms with Crippen molar-refractivity contribution < 1.29 is 0 Å². The maximum absolute atomic E-state index is 11.8. The second-order valence-electron chi connectivity index (χ2n) is 4.66. The normalized spacial score (nSPS) is 11.6. The quantitative estimate of drug-likeness (QED) is 0.769. The van der Waals surface area contributed by atoms with Gasteiger partial charge in [-0.3, -0.25) is 14.8 Å². The van der Waals surface area contributed by atoms with E-state index in [-0.39, 0.29) is 5.56 Å². The SMILES string of the molecule is Cc1csc(CN(C)Cc2cc(=O)n3[nH]cnc3n2)n1. The van der Waals surface area contributed by atoms with Crippen molar-refractivity contribution in [1.29, 1.82) is 0 Å². The van der Waals surface area contributed by atoms with Crippen molar-refractivity contribution in [3.8, 4) is 0 Å². The standard InChI is InChI=1S/C12H14N6OS/c1-8-6-20-10(15-8)5-17(2)4-9-3-11(19)18-12(16-9)13-7-14-18/h3,6-7H,4-5H2,1-2H3,(H,13,14,16). The predicted octanol–water partition coefficient (Wildman–Crippen LogP) is 0.815. The first-order chi connectivity index (χ1) is 9.61. The molecule has 3 rings (SSSR count). The zero-order valence-electron chi connectivity index (χ0n) is 11.2. The van der Waals surface area contributed by atoms with Crippen LogP contribution in [0.5, 0.6) is 0 Å². The molecule has 0 spiro atoms. The first kappa shape index (κ1) is 12.9. The summed E-state index contributed by atoms with van der Waals surface area (Å²) in [6, 6.07) is 1.52. The van der Waals surface area contributed by atoms with Crippen LogP contribution in [0.3, 0.4) is 0 Å². The zero-order valence-corrected chi connectivity index (χ0v) is 12.0. The number of fused-ring (bicyclic) bond motifs is 1. The Balaban J connectivity index is 1.76. The molecule has 8 heteroatoms. The van der Waals surface area contributed by atoms with E-state index in [1.54, 1.807) is 11.3 Å². The zero-order chi connectivity index (χ0) is 14.1. The van der Waals surface area contributed by atoms with Gasteiger partial charge in [0.2, 0.25) is 0 Å². The monoisotopic (exact) mass is 290 g/mol. The Bertz CT molecular complexity index is 788. The highest BCUT2D eigenvalue weighted by Gasteiger charge is 2.08. The Morgan fingerprint density at radius 1 is 1.40 bits per heavy atom. The Morgan fingerprint density at radius 2 is 2.25 bits per heavy atom. The van der Waals surface area contributed by atoms with Crippen molar-refractivity contribution >= 4 is 17.1 Å². The Labute approximate surface area is 118 Å². The largest absolute Gasteiger partial charge is 0.294 e. The number of aryl methyl sites for hydroxylation is 1. The molecule has 0 aliphatic rings. The van der Waals surface area contributed by atoms with Gasteiger partial charge >= 0.3 is 0 Å². The van der Waals surface area contributed by atoms with E-state index in [9.17, 15) is 4.79 Å². The molecule has 7 nitrogen and oxygen atoms in total. The number of aromatic amines is 1. The van der Waals surface area contributed by atoms with E-state index in [1.165, 1.54) is 16.9 Å². The molecule has 0 aliphatic heterocycles. The molecule has 3 aromatic rings. The summed E-state index contributed by atoms with van der Waals surface area (Å²) < 4.78 is 1.31. The number of hydrogen-bond acceptors (Lipinski definition) is 6. The van der Waals surface area contributed by atoms with Gasteiger partial charge in [0.25, 0.3) is 11.3 Å². The van der Waals surface area contributed by atoms with Gasteiger partial charge in [-0.15, -0.1) is 11.3 Å². The minimum atomic E-state index is -0.152. The van der Waals surface area contributed by atoms with E-state index >= 15 is 0 Å². The van der Waals surface area contributed by atoms with Gasteiger partial charge in [-0.25, -0.2) is 15.0 Å². The number of nitrogens with zero attached hydrogens (tertiary/aromatic N) is 5. The number of aromatic nitrogens is 5. The van der Waals surface area contributed by atoms with E-state index in [0.717, 1.165) is 17.2 Å². The summed E-state index contributed by atoms with van der Waals surface area (Å²) in [5, 5.41) is 5.81. The lowest BCUT2D eigenvalue weighted by Crippen LogP contribution is -2.22. The number of H-pyrrole nitrogens is 1. The molecule has 0 saturated carbocycles. The van der Waals surface area contributed by atoms with Gasteiger partial charge in [0.05, 0.1) is 12.2 Å². The van der Waals surface area contributed by atoms with Crippen molar-refractivity contribution in [3.05, 3.63) is 44.5 Å². The van der Waals surface area contributed by atoms with Crippen LogP contribution < -0.4 is 5.56 Å². The fourth-order valence-electron chi connectivity index (χ4n) is 1.99. The van der Waals surface area contributed by atoms with Crippen LogP contribution >= 0.6 is 11.3 Å². The van der Waals surface area contributed by atoms with Crippen LogP contribution in [0, 0.1) is 6.92 Å². The van der Waals surface area contributed by atoms with E-state index in [1.807, 2.05) is 19.4 Å². The molecule has 3 heterocycles. The van der Waals surface area contributed by atoms with Crippen molar-refractivity contribution in [3.63, 3.8) is 0 Å². The van der Waals surface area contributed by atoms with Gasteiger partial charge in [0.1, 0.15) is 11.3 Å². The predicted molar refractivity (Wildman–Crippen MR) is 75.6 cm³/mol. The topological polar surface area (TPSA) is 79.2 Å². The van der Waals surface area contributed by atoms with Gasteiger partial charge in [-0.1, -0.05) is 0 Å². The minimum Gasteiger partial charge on any atom is -0.294 e. The van der Waals surface area contributed by atoms with Crippen molar-refractivity contribution in [2.24, 2.45) is 0 Å². The Hall–Kier alpha value is -2.06. The maximum Gasteiger partial charge on any atom is 0.274 e. The van der Waals surface area contributed by atoms with Gasteiger partial charge < -0.3 is 0 Å². The molecule has 104 valence electrons. The molecule has 0 amide bonds. The van der Waals surface area contributed by atoms with Crippen LogP contribution in [0.15, 0.2) is 22.6 Å². The lowest BCUT2D eigenvalue weighted by Gasteiger charge is -2.14. The highest BCUT2D eigenvalue weighted by molar-refractivity contribution is 7.09. The van der Waals surface area contributed by atoms with Crippen LogP contribution in [0.1, 0.15) is 16.4 Å². The van der Waals surface area contributed by atoms with E-state index < -0.39 is 0 Å². The third-order valence-corrected chi connectivity index (χ3v) is 3.78. The van der Waals surface area contributed by atoms with Gasteiger partial charge in [-0.05, 0) is 14.0 Å². The average molecular weight is 290 g/mol. The molecule has 0 aromatic carbocycles. The smallest absolute Gasteiger partial charge is 0.274 e. The second kappa shape index (κ2) is 5.14. The van der Waals surface area contributed by atoms with Crippen LogP contribution in [0.4, 0.5) is 0 Å². The van der Waals surface area contributed by atoms with Crippen LogP contribution in [0.25, 0.3) is 5.78 Å². The summed E-state index contributed by atoms with van der Waals surface area (Å²) in [6.45, 7) is 3.30. The molecule has 0 radical (unpaired) electrons. The molecule has 0 unspecified atom stereocenters. The van der Waals surface area contributed by atoms with Crippen molar-refractivity contribution in [2.75, 3.05) is 7.05 Å². The fraction of sp³-hybridized carbons (Fsp3) is 0.333. The highest BCUT2D eigenvalue weighted by atomic mass is 32.1. The molecule has 0 fully saturated rings. The van der Waals surface area contributed by atoms with Crippen molar-refractivity contribution in [2.45, 2.75) is 20.0 Å². The number of thiazole rings is 1. The summed E-state index contributed by atoms with van der Waals surface area (Å²) in [7, 11) is 1.98. The van der Waals surface area contributed by atoms with Crippen LogP contribution in [-0.2, 0) is 13.1 Å². The Morgan fingerprint density at radius 3 is 3.00 bits per heavy atom. The van der Waals surface area contributed by atoms with Gasteiger partial charge in [0.15, 0.2) is 0 Å². The summed E-state index contributed by atoms with van der Waals surface area (Å²) in [5.41, 5.74) is 1.59. The molecular weight excluding hydrogens is 276 g/mol. The van der Waals surface area contributed by atoms with E-state index in [0.29, 0.717) is 18.0 Å². The van der Waals surface area contributed by atoms with Crippen molar-refractivity contribution in [1.82, 2.24) is 29.5 Å². The maximum atomic E-state index is 11.8. The summed E-state index contributed by atoms with van der Waals surface area (Å²) in [5.74, 6) is 0.394. The van der Waals surface area contributed by atoms with Gasteiger partial charge in [0, 0.05) is 23.7 Å². The fourth-order valence-corrected chi connectivity index (χ4v) is 2.84. The van der Waals surface area contributed by atoms with Crippen LogP contribution in [-0.4, -0.2) is 36.5 Å². The average Bonchev–Trinajstić information content (AvgIpc) is 2.98. The Kier molecular flexibility index (Phi) is 3.33. The minimum absolute atomic E-state index is 0.152. The van der Waals surface area contributed by atoms with Gasteiger partial charge in [-0.2, -0.15) is 4.52 Å². The number of rotatable bonds is 4. The van der Waals surface area contributed by atoms with Crippen LogP contribution in [0.2, 0.25) is 0 Å². The second-order valence-corrected chi connectivity index (χ2v) is 5.61. The number of nitrogens with one attached hydrogen (secondary N) is 1. The number of hydrogen-bond donors (Lipinski definition) is 1. The first-order valence-electron chi connectivity index (χ1n) is 6.13. The molecule has 0 bridgehead atoms. The molecule has 0 aliphatic carbocycles. The summed E-state index contributed by atoms with van der Waals surface area (Å²) in [4.78, 5) is 26.7. The molecule has 20 heavy (non-hydrogen) atoms. The lowest BCUT2D eigenvalue weighted by atomic mass is 10.3. The third kappa shape index (κ3) is 2.61. The first-order valence-corrected chi connectivity index (χ1v) is 7.01. The molecule has 1 N–H and O–H groups in total. The highest BCUT2D eigenvalue weighted by Crippen LogP contribution is 2.11. The molecule has 0 saturated heterocycles. The summed E-state index contributed by atoms with van der Waals surface area (Å²) >= 11 is 1.64. The third-order valence-electron chi connectivity index (χ3n) is 2.82. The van der Waals surface area contributed by atoms with E-state index in [4.69, 9.17) is 0 Å². The lowest BCUT2D eigenvalue weighted by molar-refractivity contribution is 0.314. The van der Waals surface area contributed by atoms with E-state index in [2.05, 4.69) is 25.0 Å². The summed E-state index contributed by atoms with van der Waals surface area (Å²) in [6.07, 6.45) is 1.45.